The van der Waals surface area contributed by atoms with Gasteiger partial charge in [-0.3, -0.25) is 9.59 Å². The van der Waals surface area contributed by atoms with E-state index in [4.69, 9.17) is 5.11 Å². The van der Waals surface area contributed by atoms with Crippen LogP contribution in [0.1, 0.15) is 29.8 Å². The maximum absolute atomic E-state index is 11.9. The van der Waals surface area contributed by atoms with Gasteiger partial charge in [-0.25, -0.2) is 0 Å². The standard InChI is InChI=1S/C11H15N3O3S/c1-6-9(18-14-13-6)5-12-10(15)7-2-3-8(4-7)11(16)17/h7-8H,2-5H2,1H3,(H,12,15)(H,16,17)/t7-,8+/m0/s1. The predicted octanol–water partition coefficient (Wildman–Crippen LogP) is 0.964. The number of hydrogen-bond donors (Lipinski definition) is 2. The summed E-state index contributed by atoms with van der Waals surface area (Å²) in [6.07, 6.45) is 1.69. The molecular formula is C11H15N3O3S. The van der Waals surface area contributed by atoms with E-state index in [0.717, 1.165) is 10.6 Å². The van der Waals surface area contributed by atoms with E-state index < -0.39 is 5.97 Å². The minimum atomic E-state index is -0.798. The van der Waals surface area contributed by atoms with Crippen molar-refractivity contribution in [1.82, 2.24) is 14.9 Å². The second-order valence-corrected chi connectivity index (χ2v) is 5.38. The van der Waals surface area contributed by atoms with Crippen LogP contribution in [0.5, 0.6) is 0 Å². The lowest BCUT2D eigenvalue weighted by molar-refractivity contribution is -0.141. The van der Waals surface area contributed by atoms with E-state index in [-0.39, 0.29) is 17.7 Å². The molecule has 1 heterocycles. The molecule has 0 spiro atoms. The summed E-state index contributed by atoms with van der Waals surface area (Å²) in [5.74, 6) is -1.40. The number of nitrogens with one attached hydrogen (secondary N) is 1. The maximum atomic E-state index is 11.9. The van der Waals surface area contributed by atoms with Gasteiger partial charge in [-0.2, -0.15) is 0 Å². The third kappa shape index (κ3) is 2.84. The van der Waals surface area contributed by atoms with Crippen molar-refractivity contribution in [2.24, 2.45) is 11.8 Å². The number of aromatic nitrogens is 2. The first kappa shape index (κ1) is 12.9. The zero-order chi connectivity index (χ0) is 13.1. The van der Waals surface area contributed by atoms with Crippen LogP contribution in [0.25, 0.3) is 0 Å². The summed E-state index contributed by atoms with van der Waals surface area (Å²) in [5, 5.41) is 15.6. The monoisotopic (exact) mass is 269 g/mol. The number of carbonyl (C=O) groups excluding carboxylic acids is 1. The van der Waals surface area contributed by atoms with Crippen LogP contribution in [0.2, 0.25) is 0 Å². The summed E-state index contributed by atoms with van der Waals surface area (Å²) in [6.45, 7) is 2.28. The zero-order valence-corrected chi connectivity index (χ0v) is 10.9. The van der Waals surface area contributed by atoms with Gasteiger partial charge < -0.3 is 10.4 Å². The summed E-state index contributed by atoms with van der Waals surface area (Å²) >= 11 is 1.27. The number of carbonyl (C=O) groups is 2. The van der Waals surface area contributed by atoms with Gasteiger partial charge in [0.1, 0.15) is 0 Å². The average Bonchev–Trinajstić information content (AvgIpc) is 2.94. The van der Waals surface area contributed by atoms with Crippen LogP contribution in [-0.2, 0) is 16.1 Å². The van der Waals surface area contributed by atoms with Crippen LogP contribution < -0.4 is 5.32 Å². The molecular weight excluding hydrogens is 254 g/mol. The molecule has 0 bridgehead atoms. The van der Waals surface area contributed by atoms with Gasteiger partial charge in [0.05, 0.1) is 23.0 Å². The summed E-state index contributed by atoms with van der Waals surface area (Å²) in [7, 11) is 0. The molecule has 1 fully saturated rings. The molecule has 1 saturated carbocycles. The van der Waals surface area contributed by atoms with Crippen molar-refractivity contribution >= 4 is 23.4 Å². The number of rotatable bonds is 4. The van der Waals surface area contributed by atoms with Crippen LogP contribution in [0.15, 0.2) is 0 Å². The first-order valence-corrected chi connectivity index (χ1v) is 6.63. The Bertz CT molecular complexity index is 460. The average molecular weight is 269 g/mol. The fourth-order valence-electron chi connectivity index (χ4n) is 2.17. The van der Waals surface area contributed by atoms with Gasteiger partial charge in [0.25, 0.3) is 0 Å². The normalized spacial score (nSPS) is 22.9. The zero-order valence-electron chi connectivity index (χ0n) is 10.0. The van der Waals surface area contributed by atoms with Gasteiger partial charge >= 0.3 is 5.97 Å². The smallest absolute Gasteiger partial charge is 0.306 e. The third-order valence-corrected chi connectivity index (χ3v) is 4.14. The van der Waals surface area contributed by atoms with Gasteiger partial charge in [0.15, 0.2) is 0 Å². The van der Waals surface area contributed by atoms with Crippen LogP contribution in [0.3, 0.4) is 0 Å². The Morgan fingerprint density at radius 2 is 2.17 bits per heavy atom. The largest absolute Gasteiger partial charge is 0.481 e. The van der Waals surface area contributed by atoms with E-state index in [1.54, 1.807) is 0 Å². The highest BCUT2D eigenvalue weighted by atomic mass is 32.1. The molecule has 0 unspecified atom stereocenters. The maximum Gasteiger partial charge on any atom is 0.306 e. The van der Waals surface area contributed by atoms with Crippen molar-refractivity contribution in [3.8, 4) is 0 Å². The SMILES string of the molecule is Cc1nnsc1CNC(=O)[C@H]1CC[C@@H](C(=O)O)C1. The molecule has 0 radical (unpaired) electrons. The highest BCUT2D eigenvalue weighted by Gasteiger charge is 2.33. The topological polar surface area (TPSA) is 92.2 Å². The van der Waals surface area contributed by atoms with Crippen LogP contribution in [-0.4, -0.2) is 26.6 Å². The van der Waals surface area contributed by atoms with E-state index >= 15 is 0 Å². The van der Waals surface area contributed by atoms with Gasteiger partial charge in [-0.1, -0.05) is 4.49 Å². The lowest BCUT2D eigenvalue weighted by Gasteiger charge is -2.09. The highest BCUT2D eigenvalue weighted by molar-refractivity contribution is 7.05. The fourth-order valence-corrected chi connectivity index (χ4v) is 2.74. The molecule has 7 heteroatoms. The Morgan fingerprint density at radius 3 is 2.72 bits per heavy atom. The number of aliphatic carboxylic acids is 1. The molecule has 1 amide bonds. The van der Waals surface area contributed by atoms with Crippen molar-refractivity contribution < 1.29 is 14.7 Å². The number of hydrogen-bond acceptors (Lipinski definition) is 5. The molecule has 0 saturated heterocycles. The third-order valence-electron chi connectivity index (χ3n) is 3.32. The second kappa shape index (κ2) is 5.43. The van der Waals surface area contributed by atoms with E-state index in [1.165, 1.54) is 11.5 Å². The molecule has 1 aromatic heterocycles. The molecule has 18 heavy (non-hydrogen) atoms. The van der Waals surface area contributed by atoms with E-state index in [1.807, 2.05) is 6.92 Å². The molecule has 1 aliphatic carbocycles. The first-order chi connectivity index (χ1) is 8.58. The molecule has 6 nitrogen and oxygen atoms in total. The van der Waals surface area contributed by atoms with E-state index in [0.29, 0.717) is 25.8 Å². The first-order valence-electron chi connectivity index (χ1n) is 5.86. The Labute approximate surface area is 109 Å². The molecule has 2 rings (SSSR count). The van der Waals surface area contributed by atoms with Gasteiger partial charge in [-0.15, -0.1) is 5.10 Å². The Morgan fingerprint density at radius 1 is 1.44 bits per heavy atom. The van der Waals surface area contributed by atoms with Crippen LogP contribution in [0, 0.1) is 18.8 Å². The predicted molar refractivity (Wildman–Crippen MR) is 65.0 cm³/mol. The number of carboxylic acid groups (broad SMARTS) is 1. The number of aryl methyl sites for hydroxylation is 1. The second-order valence-electron chi connectivity index (χ2n) is 4.54. The molecule has 1 aliphatic rings. The summed E-state index contributed by atoms with van der Waals surface area (Å²) in [5.41, 5.74) is 0.829. The van der Waals surface area contributed by atoms with Crippen molar-refractivity contribution in [3.05, 3.63) is 10.6 Å². The molecule has 2 N–H and O–H groups in total. The molecule has 0 aliphatic heterocycles. The van der Waals surface area contributed by atoms with E-state index in [9.17, 15) is 9.59 Å². The van der Waals surface area contributed by atoms with Crippen molar-refractivity contribution in [2.45, 2.75) is 32.7 Å². The summed E-state index contributed by atoms with van der Waals surface area (Å²) < 4.78 is 3.80. The molecule has 98 valence electrons. The molecule has 2 atom stereocenters. The summed E-state index contributed by atoms with van der Waals surface area (Å²) in [4.78, 5) is 23.6. The van der Waals surface area contributed by atoms with Crippen LogP contribution in [0.4, 0.5) is 0 Å². The Balaban J connectivity index is 1.83. The Hall–Kier alpha value is -1.50. The van der Waals surface area contributed by atoms with Gasteiger partial charge in [0, 0.05) is 5.92 Å². The Kier molecular flexibility index (Phi) is 3.90. The molecule has 0 aromatic carbocycles. The van der Waals surface area contributed by atoms with Crippen molar-refractivity contribution in [3.63, 3.8) is 0 Å². The van der Waals surface area contributed by atoms with Gasteiger partial charge in [0.2, 0.25) is 5.91 Å². The van der Waals surface area contributed by atoms with Crippen molar-refractivity contribution in [2.75, 3.05) is 0 Å². The number of carboxylic acids is 1. The minimum absolute atomic E-state index is 0.0634. The fraction of sp³-hybridized carbons (Fsp3) is 0.636. The van der Waals surface area contributed by atoms with Crippen LogP contribution >= 0.6 is 11.5 Å². The minimum Gasteiger partial charge on any atom is -0.481 e. The van der Waals surface area contributed by atoms with E-state index in [2.05, 4.69) is 14.9 Å². The molecule has 1 aromatic rings. The number of amides is 1. The lowest BCUT2D eigenvalue weighted by atomic mass is 10.0. The highest BCUT2D eigenvalue weighted by Crippen LogP contribution is 2.31. The van der Waals surface area contributed by atoms with Crippen molar-refractivity contribution in [1.29, 1.82) is 0 Å². The number of nitrogens with zero attached hydrogens (tertiary/aromatic N) is 2. The van der Waals surface area contributed by atoms with Gasteiger partial charge in [-0.05, 0) is 37.7 Å². The lowest BCUT2D eigenvalue weighted by Crippen LogP contribution is -2.29. The quantitative estimate of drug-likeness (QED) is 0.849. The summed E-state index contributed by atoms with van der Waals surface area (Å²) in [6, 6.07) is 0.